The molecule has 1 N–H and O–H groups in total. The highest BCUT2D eigenvalue weighted by Crippen LogP contribution is 2.27. The summed E-state index contributed by atoms with van der Waals surface area (Å²) in [5.41, 5.74) is 0.119. The van der Waals surface area contributed by atoms with Gasteiger partial charge in [-0.25, -0.2) is 0 Å². The summed E-state index contributed by atoms with van der Waals surface area (Å²) in [5, 5.41) is 9.26. The average molecular weight is 319 g/mol. The molecular weight excluding hydrogens is 284 g/mol. The van der Waals surface area contributed by atoms with Crippen LogP contribution in [0.4, 0.5) is 0 Å². The van der Waals surface area contributed by atoms with Crippen LogP contribution in [0.2, 0.25) is 0 Å². The molecule has 4 heteroatoms. The maximum Gasteiger partial charge on any atom is 0.0991 e. The molecule has 0 spiro atoms. The summed E-state index contributed by atoms with van der Waals surface area (Å²) in [4.78, 5) is 4.83. The van der Waals surface area contributed by atoms with E-state index in [1.54, 1.807) is 0 Å². The molecule has 1 heterocycles. The topological polar surface area (TPSA) is 26.7 Å². The van der Waals surface area contributed by atoms with Gasteiger partial charge in [0.2, 0.25) is 0 Å². The van der Waals surface area contributed by atoms with Gasteiger partial charge in [0.1, 0.15) is 0 Å². The lowest BCUT2D eigenvalue weighted by Gasteiger charge is -2.30. The number of hydrogen-bond donors (Lipinski definition) is 1. The fourth-order valence-electron chi connectivity index (χ4n) is 3.27. The molecule has 0 aromatic carbocycles. The van der Waals surface area contributed by atoms with Crippen molar-refractivity contribution < 1.29 is 5.11 Å². The average Bonchev–Trinajstić information content (AvgIpc) is 2.76. The van der Waals surface area contributed by atoms with Crippen LogP contribution in [0, 0.1) is 0 Å². The van der Waals surface area contributed by atoms with Gasteiger partial charge in [0.25, 0.3) is 0 Å². The van der Waals surface area contributed by atoms with Crippen LogP contribution in [0.3, 0.4) is 0 Å². The van der Waals surface area contributed by atoms with Gasteiger partial charge in [0, 0.05) is 19.6 Å². The van der Waals surface area contributed by atoms with Gasteiger partial charge in [-0.3, -0.25) is 9.80 Å². The third-order valence-corrected chi connectivity index (χ3v) is 4.91. The molecule has 1 aliphatic heterocycles. The van der Waals surface area contributed by atoms with E-state index in [0.29, 0.717) is 6.17 Å². The first-order valence-corrected chi connectivity index (χ1v) is 9.42. The number of β-amino-alcohol motifs (C(OH)–C–C–N with tert-alkyl or cyclic N) is 1. The SMILES string of the molecule is CCCCCCCCC1N(CCO)CC(Cl)N1CCCC. The van der Waals surface area contributed by atoms with E-state index in [9.17, 15) is 5.11 Å². The number of aliphatic hydroxyl groups is 1. The fraction of sp³-hybridized carbons (Fsp3) is 1.00. The minimum atomic E-state index is 0.119. The Hall–Kier alpha value is 0.170. The second kappa shape index (κ2) is 11.7. The van der Waals surface area contributed by atoms with Crippen molar-refractivity contribution in [3.05, 3.63) is 0 Å². The van der Waals surface area contributed by atoms with E-state index in [-0.39, 0.29) is 12.1 Å². The Balaban J connectivity index is 2.38. The van der Waals surface area contributed by atoms with Crippen LogP contribution in [0.5, 0.6) is 0 Å². The maximum atomic E-state index is 9.26. The zero-order chi connectivity index (χ0) is 15.5. The second-order valence-corrected chi connectivity index (χ2v) is 6.79. The summed E-state index contributed by atoms with van der Waals surface area (Å²) in [6, 6.07) is 0. The number of halogens is 1. The van der Waals surface area contributed by atoms with E-state index < -0.39 is 0 Å². The molecule has 1 saturated heterocycles. The van der Waals surface area contributed by atoms with Crippen LogP contribution in [0.1, 0.15) is 71.6 Å². The molecule has 0 bridgehead atoms. The quantitative estimate of drug-likeness (QED) is 0.334. The van der Waals surface area contributed by atoms with E-state index in [0.717, 1.165) is 19.6 Å². The Kier molecular flexibility index (Phi) is 10.7. The summed E-state index contributed by atoms with van der Waals surface area (Å²) in [5.74, 6) is 0. The van der Waals surface area contributed by atoms with Gasteiger partial charge in [-0.15, -0.1) is 11.6 Å². The predicted octanol–water partition coefficient (Wildman–Crippen LogP) is 4.04. The molecule has 3 nitrogen and oxygen atoms in total. The van der Waals surface area contributed by atoms with Crippen LogP contribution >= 0.6 is 11.6 Å². The summed E-state index contributed by atoms with van der Waals surface area (Å²) < 4.78 is 0. The van der Waals surface area contributed by atoms with Gasteiger partial charge in [0.05, 0.1) is 18.3 Å². The molecule has 21 heavy (non-hydrogen) atoms. The van der Waals surface area contributed by atoms with Gasteiger partial charge in [-0.1, -0.05) is 58.8 Å². The Bertz CT molecular complexity index is 253. The zero-order valence-electron chi connectivity index (χ0n) is 14.1. The fourth-order valence-corrected chi connectivity index (χ4v) is 3.68. The van der Waals surface area contributed by atoms with E-state index in [2.05, 4.69) is 23.6 Å². The van der Waals surface area contributed by atoms with Gasteiger partial charge >= 0.3 is 0 Å². The molecule has 0 amide bonds. The first kappa shape index (κ1) is 19.2. The largest absolute Gasteiger partial charge is 0.395 e. The number of unbranched alkanes of at least 4 members (excludes halogenated alkanes) is 6. The van der Waals surface area contributed by atoms with Crippen molar-refractivity contribution in [3.63, 3.8) is 0 Å². The minimum absolute atomic E-state index is 0.119. The zero-order valence-corrected chi connectivity index (χ0v) is 14.8. The molecule has 2 unspecified atom stereocenters. The third kappa shape index (κ3) is 6.85. The van der Waals surface area contributed by atoms with Crippen LogP contribution in [0.25, 0.3) is 0 Å². The molecule has 0 aromatic heterocycles. The highest BCUT2D eigenvalue weighted by atomic mass is 35.5. The number of rotatable bonds is 12. The van der Waals surface area contributed by atoms with E-state index in [1.165, 1.54) is 57.8 Å². The number of aliphatic hydroxyl groups excluding tert-OH is 1. The Morgan fingerprint density at radius 2 is 1.62 bits per heavy atom. The Morgan fingerprint density at radius 3 is 2.29 bits per heavy atom. The van der Waals surface area contributed by atoms with Crippen molar-refractivity contribution >= 4 is 11.6 Å². The summed E-state index contributed by atoms with van der Waals surface area (Å²) in [7, 11) is 0. The van der Waals surface area contributed by atoms with E-state index >= 15 is 0 Å². The van der Waals surface area contributed by atoms with Gasteiger partial charge in [-0.2, -0.15) is 0 Å². The van der Waals surface area contributed by atoms with Crippen molar-refractivity contribution in [1.29, 1.82) is 0 Å². The predicted molar refractivity (Wildman–Crippen MR) is 91.7 cm³/mol. The molecule has 2 atom stereocenters. The molecule has 1 fully saturated rings. The van der Waals surface area contributed by atoms with Crippen molar-refractivity contribution in [2.75, 3.05) is 26.2 Å². The molecule has 0 aliphatic carbocycles. The van der Waals surface area contributed by atoms with Crippen molar-refractivity contribution in [2.24, 2.45) is 0 Å². The van der Waals surface area contributed by atoms with Crippen molar-refractivity contribution in [2.45, 2.75) is 83.3 Å². The smallest absolute Gasteiger partial charge is 0.0991 e. The Morgan fingerprint density at radius 1 is 0.952 bits per heavy atom. The second-order valence-electron chi connectivity index (χ2n) is 6.28. The van der Waals surface area contributed by atoms with Gasteiger partial charge < -0.3 is 5.11 Å². The Labute approximate surface area is 136 Å². The van der Waals surface area contributed by atoms with Gasteiger partial charge in [-0.05, 0) is 12.8 Å². The normalized spacial score (nSPS) is 24.0. The maximum absolute atomic E-state index is 9.26. The molecule has 0 aromatic rings. The van der Waals surface area contributed by atoms with Crippen LogP contribution in [0.15, 0.2) is 0 Å². The molecular formula is C17H35ClN2O. The van der Waals surface area contributed by atoms with Crippen LogP contribution in [-0.2, 0) is 0 Å². The lowest BCUT2D eigenvalue weighted by atomic mass is 10.1. The first-order chi connectivity index (χ1) is 10.2. The van der Waals surface area contributed by atoms with Gasteiger partial charge in [0.15, 0.2) is 0 Å². The van der Waals surface area contributed by atoms with E-state index in [1.807, 2.05) is 0 Å². The lowest BCUT2D eigenvalue weighted by Crippen LogP contribution is -2.41. The number of alkyl halides is 1. The highest BCUT2D eigenvalue weighted by Gasteiger charge is 2.36. The minimum Gasteiger partial charge on any atom is -0.395 e. The van der Waals surface area contributed by atoms with Crippen LogP contribution < -0.4 is 0 Å². The van der Waals surface area contributed by atoms with Crippen molar-refractivity contribution in [3.8, 4) is 0 Å². The molecule has 0 saturated carbocycles. The molecule has 1 aliphatic rings. The lowest BCUT2D eigenvalue weighted by molar-refractivity contribution is 0.101. The molecule has 0 radical (unpaired) electrons. The first-order valence-electron chi connectivity index (χ1n) is 8.99. The number of hydrogen-bond acceptors (Lipinski definition) is 3. The summed E-state index contributed by atoms with van der Waals surface area (Å²) in [6.45, 7) is 7.47. The van der Waals surface area contributed by atoms with Crippen LogP contribution in [-0.4, -0.2) is 52.8 Å². The monoisotopic (exact) mass is 318 g/mol. The molecule has 1 rings (SSSR count). The third-order valence-electron chi connectivity index (χ3n) is 4.52. The number of nitrogens with zero attached hydrogens (tertiary/aromatic N) is 2. The van der Waals surface area contributed by atoms with E-state index in [4.69, 9.17) is 11.6 Å². The standard InChI is InChI=1S/C17H35ClN2O/c1-3-5-7-8-9-10-11-17-19(13-14-21)15-16(18)20(17)12-6-4-2/h16-17,21H,3-15H2,1-2H3. The summed E-state index contributed by atoms with van der Waals surface area (Å²) in [6.07, 6.45) is 12.1. The van der Waals surface area contributed by atoms with Crippen molar-refractivity contribution in [1.82, 2.24) is 9.80 Å². The summed E-state index contributed by atoms with van der Waals surface area (Å²) >= 11 is 6.52. The molecule has 126 valence electrons. The highest BCUT2D eigenvalue weighted by molar-refractivity contribution is 6.20.